The number of hydrogen-bond donors (Lipinski definition) is 4. The number of aliphatic hydroxyl groups excluding tert-OH is 1. The molecule has 0 saturated heterocycles. The zero-order chi connectivity index (χ0) is 16.2. The highest BCUT2D eigenvalue weighted by atomic mass is 32.2. The first-order valence-corrected chi connectivity index (χ1v) is 7.84. The molecule has 0 heterocycles. The van der Waals surface area contributed by atoms with Crippen LogP contribution in [-0.4, -0.2) is 42.9 Å². The average Bonchev–Trinajstić information content (AvgIpc) is 2.36. The van der Waals surface area contributed by atoms with Gasteiger partial charge in [0, 0.05) is 13.2 Å². The van der Waals surface area contributed by atoms with Crippen LogP contribution in [0.15, 0.2) is 17.0 Å². The fourth-order valence-corrected chi connectivity index (χ4v) is 3.20. The van der Waals surface area contributed by atoms with Crippen LogP contribution in [0.4, 0.5) is 0 Å². The van der Waals surface area contributed by atoms with Gasteiger partial charge in [0.15, 0.2) is 0 Å². The van der Waals surface area contributed by atoms with E-state index < -0.39 is 27.3 Å². The lowest BCUT2D eigenvalue weighted by atomic mass is 10.1. The van der Waals surface area contributed by atoms with E-state index >= 15 is 0 Å². The zero-order valence-corrected chi connectivity index (χ0v) is 12.6. The molecule has 21 heavy (non-hydrogen) atoms. The Morgan fingerprint density at radius 1 is 1.38 bits per heavy atom. The van der Waals surface area contributed by atoms with Gasteiger partial charge in [-0.25, -0.2) is 17.9 Å². The largest absolute Gasteiger partial charge is 0.507 e. The molecule has 0 aliphatic rings. The van der Waals surface area contributed by atoms with E-state index in [0.29, 0.717) is 6.42 Å². The van der Waals surface area contributed by atoms with Crippen LogP contribution in [0, 0.1) is 12.8 Å². The van der Waals surface area contributed by atoms with E-state index in [0.717, 1.165) is 12.1 Å². The highest BCUT2D eigenvalue weighted by molar-refractivity contribution is 7.89. The number of carbonyl (C=O) groups is 1. The molecular weight excluding hydrogens is 298 g/mol. The number of benzene rings is 1. The van der Waals surface area contributed by atoms with E-state index in [2.05, 4.69) is 4.72 Å². The van der Waals surface area contributed by atoms with Crippen molar-refractivity contribution in [3.8, 4) is 5.75 Å². The molecule has 0 fully saturated rings. The quantitative estimate of drug-likeness (QED) is 0.587. The zero-order valence-electron chi connectivity index (χ0n) is 11.8. The predicted molar refractivity (Wildman–Crippen MR) is 75.9 cm³/mol. The van der Waals surface area contributed by atoms with E-state index in [4.69, 9.17) is 10.2 Å². The van der Waals surface area contributed by atoms with Crippen molar-refractivity contribution >= 4 is 16.0 Å². The SMILES string of the molecule is Cc1cc(O)c(C(=O)O)cc1S(=O)(=O)NCC(C)CCO. The normalized spacial score (nSPS) is 13.1. The van der Waals surface area contributed by atoms with Crippen molar-refractivity contribution in [3.63, 3.8) is 0 Å². The van der Waals surface area contributed by atoms with E-state index in [-0.39, 0.29) is 29.5 Å². The second-order valence-corrected chi connectivity index (χ2v) is 6.64. The summed E-state index contributed by atoms with van der Waals surface area (Å²) in [4.78, 5) is 10.8. The van der Waals surface area contributed by atoms with Gasteiger partial charge in [-0.15, -0.1) is 0 Å². The van der Waals surface area contributed by atoms with Crippen molar-refractivity contribution in [1.82, 2.24) is 4.72 Å². The highest BCUT2D eigenvalue weighted by Gasteiger charge is 2.22. The molecule has 0 amide bonds. The number of nitrogens with one attached hydrogen (secondary N) is 1. The maximum absolute atomic E-state index is 12.2. The maximum atomic E-state index is 12.2. The Bertz CT molecular complexity index is 626. The van der Waals surface area contributed by atoms with Crippen LogP contribution in [0.2, 0.25) is 0 Å². The predicted octanol–water partition coefficient (Wildman–Crippen LogP) is 0.696. The Morgan fingerprint density at radius 2 is 2.00 bits per heavy atom. The molecule has 0 aliphatic carbocycles. The summed E-state index contributed by atoms with van der Waals surface area (Å²) >= 11 is 0. The Morgan fingerprint density at radius 3 is 2.52 bits per heavy atom. The molecule has 1 aromatic carbocycles. The molecule has 0 aromatic heterocycles. The van der Waals surface area contributed by atoms with Crippen LogP contribution >= 0.6 is 0 Å². The number of aromatic carboxylic acids is 1. The Labute approximate surface area is 123 Å². The number of aromatic hydroxyl groups is 1. The van der Waals surface area contributed by atoms with Gasteiger partial charge in [0.2, 0.25) is 10.0 Å². The number of sulfonamides is 1. The number of carboxylic acid groups (broad SMARTS) is 1. The van der Waals surface area contributed by atoms with Crippen molar-refractivity contribution < 1.29 is 28.5 Å². The summed E-state index contributed by atoms with van der Waals surface area (Å²) in [5.41, 5.74) is -0.218. The van der Waals surface area contributed by atoms with Crippen molar-refractivity contribution in [2.75, 3.05) is 13.2 Å². The number of phenols is 1. The third-order valence-corrected chi connectivity index (χ3v) is 4.62. The average molecular weight is 317 g/mol. The second kappa shape index (κ2) is 6.88. The monoisotopic (exact) mass is 317 g/mol. The fourth-order valence-electron chi connectivity index (χ4n) is 1.79. The third-order valence-electron chi connectivity index (χ3n) is 3.06. The molecule has 0 bridgehead atoms. The van der Waals surface area contributed by atoms with Gasteiger partial charge < -0.3 is 15.3 Å². The van der Waals surface area contributed by atoms with E-state index in [1.54, 1.807) is 6.92 Å². The summed E-state index contributed by atoms with van der Waals surface area (Å²) in [7, 11) is -3.88. The third kappa shape index (κ3) is 4.42. The Hall–Kier alpha value is -1.64. The molecular formula is C13H19NO6S. The number of hydrogen-bond acceptors (Lipinski definition) is 5. The van der Waals surface area contributed by atoms with Gasteiger partial charge in [-0.05, 0) is 37.0 Å². The lowest BCUT2D eigenvalue weighted by Gasteiger charge is -2.14. The van der Waals surface area contributed by atoms with Crippen molar-refractivity contribution in [1.29, 1.82) is 0 Å². The van der Waals surface area contributed by atoms with Crippen LogP contribution in [0.1, 0.15) is 29.3 Å². The van der Waals surface area contributed by atoms with E-state index in [9.17, 15) is 18.3 Å². The Kier molecular flexibility index (Phi) is 5.70. The molecule has 1 rings (SSSR count). The van der Waals surface area contributed by atoms with E-state index in [1.807, 2.05) is 0 Å². The molecule has 1 atom stereocenters. The van der Waals surface area contributed by atoms with Gasteiger partial charge in [-0.2, -0.15) is 0 Å². The number of carboxylic acids is 1. The molecule has 1 aromatic rings. The molecule has 0 spiro atoms. The van der Waals surface area contributed by atoms with Gasteiger partial charge in [-0.1, -0.05) is 6.92 Å². The molecule has 0 saturated carbocycles. The first-order chi connectivity index (χ1) is 9.69. The van der Waals surface area contributed by atoms with Crippen LogP contribution in [-0.2, 0) is 10.0 Å². The smallest absolute Gasteiger partial charge is 0.339 e. The topological polar surface area (TPSA) is 124 Å². The standard InChI is InChI=1S/C13H19NO6S/c1-8(3-4-15)7-14-21(19,20)12-6-10(13(17)18)11(16)5-9(12)2/h5-6,8,14-16H,3-4,7H2,1-2H3,(H,17,18). The van der Waals surface area contributed by atoms with Crippen molar-refractivity contribution in [3.05, 3.63) is 23.3 Å². The van der Waals surface area contributed by atoms with E-state index in [1.165, 1.54) is 6.92 Å². The van der Waals surface area contributed by atoms with Gasteiger partial charge in [-0.3, -0.25) is 0 Å². The minimum atomic E-state index is -3.88. The molecule has 0 aliphatic heterocycles. The highest BCUT2D eigenvalue weighted by Crippen LogP contribution is 2.25. The minimum absolute atomic E-state index is 0.0374. The van der Waals surface area contributed by atoms with Gasteiger partial charge >= 0.3 is 5.97 Å². The summed E-state index contributed by atoms with van der Waals surface area (Å²) < 4.78 is 26.8. The maximum Gasteiger partial charge on any atom is 0.339 e. The first kappa shape index (κ1) is 17.4. The summed E-state index contributed by atoms with van der Waals surface area (Å²) in [6, 6.07) is 2.04. The van der Waals surface area contributed by atoms with Crippen molar-refractivity contribution in [2.24, 2.45) is 5.92 Å². The van der Waals surface area contributed by atoms with Gasteiger partial charge in [0.05, 0.1) is 4.90 Å². The lowest BCUT2D eigenvalue weighted by molar-refractivity contribution is 0.0693. The summed E-state index contributed by atoms with van der Waals surface area (Å²) in [6.45, 7) is 3.35. The lowest BCUT2D eigenvalue weighted by Crippen LogP contribution is -2.29. The van der Waals surface area contributed by atoms with Crippen LogP contribution in [0.3, 0.4) is 0 Å². The molecule has 1 unspecified atom stereocenters. The minimum Gasteiger partial charge on any atom is -0.507 e. The molecule has 4 N–H and O–H groups in total. The molecule has 8 heteroatoms. The summed E-state index contributed by atoms with van der Waals surface area (Å²) in [5, 5.41) is 27.2. The van der Waals surface area contributed by atoms with Gasteiger partial charge in [0.25, 0.3) is 0 Å². The molecule has 118 valence electrons. The molecule has 7 nitrogen and oxygen atoms in total. The number of rotatable bonds is 7. The second-order valence-electron chi connectivity index (χ2n) is 4.91. The summed E-state index contributed by atoms with van der Waals surface area (Å²) in [6.07, 6.45) is 0.456. The van der Waals surface area contributed by atoms with Crippen molar-refractivity contribution in [2.45, 2.75) is 25.2 Å². The van der Waals surface area contributed by atoms with Crippen LogP contribution in [0.5, 0.6) is 5.75 Å². The number of aryl methyl sites for hydroxylation is 1. The fraction of sp³-hybridized carbons (Fsp3) is 0.462. The van der Waals surface area contributed by atoms with Crippen LogP contribution < -0.4 is 4.72 Å². The molecule has 0 radical (unpaired) electrons. The number of aliphatic hydroxyl groups is 1. The first-order valence-electron chi connectivity index (χ1n) is 6.36. The summed E-state index contributed by atoms with van der Waals surface area (Å²) in [5.74, 6) is -1.94. The van der Waals surface area contributed by atoms with Crippen LogP contribution in [0.25, 0.3) is 0 Å². The van der Waals surface area contributed by atoms with Gasteiger partial charge in [0.1, 0.15) is 11.3 Å². The Balaban J connectivity index is 3.08.